The largest absolute Gasteiger partial charge is 0.204 e. The Balaban J connectivity index is 1.84. The van der Waals surface area contributed by atoms with Gasteiger partial charge in [-0.05, 0) is 55.2 Å². The van der Waals surface area contributed by atoms with Gasteiger partial charge in [0.1, 0.15) is 0 Å². The lowest BCUT2D eigenvalue weighted by Crippen LogP contribution is -2.13. The second-order valence-corrected chi connectivity index (χ2v) is 5.89. The molecule has 0 spiro atoms. The van der Waals surface area contributed by atoms with Crippen LogP contribution in [0.5, 0.6) is 0 Å². The molecule has 0 aromatic heterocycles. The van der Waals surface area contributed by atoms with Crippen molar-refractivity contribution in [2.24, 2.45) is 5.92 Å². The molecule has 1 aliphatic rings. The van der Waals surface area contributed by atoms with Crippen LogP contribution in [0.3, 0.4) is 0 Å². The molecule has 106 valence electrons. The maximum atomic E-state index is 13.2. The zero-order chi connectivity index (χ0) is 13.7. The van der Waals surface area contributed by atoms with Gasteiger partial charge in [-0.3, -0.25) is 0 Å². The average Bonchev–Trinajstić information content (AvgIpc) is 2.43. The summed E-state index contributed by atoms with van der Waals surface area (Å²) in [7, 11) is 0. The van der Waals surface area contributed by atoms with Crippen LogP contribution < -0.4 is 0 Å². The second-order valence-electron chi connectivity index (χ2n) is 5.89. The lowest BCUT2D eigenvalue weighted by Gasteiger charge is -2.28. The van der Waals surface area contributed by atoms with Crippen molar-refractivity contribution in [3.05, 3.63) is 35.4 Å². The number of benzene rings is 1. The van der Waals surface area contributed by atoms with Crippen LogP contribution in [0, 0.1) is 17.6 Å². The fourth-order valence-electron chi connectivity index (χ4n) is 3.23. The zero-order valence-corrected chi connectivity index (χ0v) is 11.8. The van der Waals surface area contributed by atoms with E-state index in [1.165, 1.54) is 50.7 Å². The molecule has 0 N–H and O–H groups in total. The van der Waals surface area contributed by atoms with Crippen molar-refractivity contribution in [1.29, 1.82) is 0 Å². The Kier molecular flexibility index (Phi) is 5.35. The van der Waals surface area contributed by atoms with Gasteiger partial charge in [-0.15, -0.1) is 0 Å². The summed E-state index contributed by atoms with van der Waals surface area (Å²) in [4.78, 5) is 0. The first-order chi connectivity index (χ1) is 9.20. The number of hydrogen-bond acceptors (Lipinski definition) is 0. The van der Waals surface area contributed by atoms with Gasteiger partial charge in [-0.1, -0.05) is 38.7 Å². The number of hydrogen-bond donors (Lipinski definition) is 0. The Labute approximate surface area is 115 Å². The van der Waals surface area contributed by atoms with Crippen LogP contribution in [0.4, 0.5) is 8.78 Å². The summed E-state index contributed by atoms with van der Waals surface area (Å²) in [6.07, 6.45) is 10.0. The minimum absolute atomic E-state index is 0.428. The maximum Gasteiger partial charge on any atom is 0.159 e. The highest BCUT2D eigenvalue weighted by Gasteiger charge is 2.22. The topological polar surface area (TPSA) is 0 Å². The van der Waals surface area contributed by atoms with Gasteiger partial charge in [-0.2, -0.15) is 0 Å². The maximum absolute atomic E-state index is 13.2. The molecule has 0 unspecified atom stereocenters. The van der Waals surface area contributed by atoms with Crippen molar-refractivity contribution < 1.29 is 8.78 Å². The van der Waals surface area contributed by atoms with Crippen molar-refractivity contribution in [2.75, 3.05) is 0 Å². The van der Waals surface area contributed by atoms with Crippen LogP contribution in [0.15, 0.2) is 18.2 Å². The molecular formula is C17H24F2. The molecule has 0 nitrogen and oxygen atoms in total. The van der Waals surface area contributed by atoms with Crippen molar-refractivity contribution in [2.45, 2.75) is 64.2 Å². The normalized spacial score (nSPS) is 23.5. The van der Waals surface area contributed by atoms with E-state index in [1.54, 1.807) is 6.07 Å². The molecule has 0 heterocycles. The molecular weight excluding hydrogens is 242 g/mol. The van der Waals surface area contributed by atoms with Gasteiger partial charge in [0.25, 0.3) is 0 Å². The van der Waals surface area contributed by atoms with E-state index in [-0.39, 0.29) is 0 Å². The molecule has 1 fully saturated rings. The van der Waals surface area contributed by atoms with Crippen molar-refractivity contribution in [3.8, 4) is 0 Å². The third-order valence-corrected chi connectivity index (χ3v) is 4.48. The summed E-state index contributed by atoms with van der Waals surface area (Å²) in [6.45, 7) is 2.24. The highest BCUT2D eigenvalue weighted by molar-refractivity contribution is 5.22. The van der Waals surface area contributed by atoms with E-state index in [1.807, 2.05) is 0 Å². The Morgan fingerprint density at radius 1 is 1.00 bits per heavy atom. The van der Waals surface area contributed by atoms with Gasteiger partial charge < -0.3 is 0 Å². The van der Waals surface area contributed by atoms with E-state index in [0.717, 1.165) is 24.3 Å². The summed E-state index contributed by atoms with van der Waals surface area (Å²) in [5.74, 6) is -0.162. The van der Waals surface area contributed by atoms with Gasteiger partial charge in [0.2, 0.25) is 0 Å². The molecule has 2 heteroatoms. The van der Waals surface area contributed by atoms with Crippen LogP contribution >= 0.6 is 0 Å². The summed E-state index contributed by atoms with van der Waals surface area (Å²) >= 11 is 0. The molecule has 1 aromatic rings. The van der Waals surface area contributed by atoms with Gasteiger partial charge in [0.15, 0.2) is 11.6 Å². The van der Waals surface area contributed by atoms with Gasteiger partial charge in [0.05, 0.1) is 0 Å². The third kappa shape index (κ3) is 4.02. The highest BCUT2D eigenvalue weighted by atomic mass is 19.2. The number of halogens is 2. The Morgan fingerprint density at radius 2 is 1.74 bits per heavy atom. The van der Waals surface area contributed by atoms with Crippen LogP contribution in [0.1, 0.15) is 69.8 Å². The van der Waals surface area contributed by atoms with Gasteiger partial charge >= 0.3 is 0 Å². The molecule has 0 saturated heterocycles. The molecule has 0 bridgehead atoms. The molecule has 0 amide bonds. The standard InChI is InChI=1S/C17H24F2/c1-2-3-4-5-13-6-8-14(9-7-13)15-10-11-16(18)17(19)12-15/h10-14H,2-9H2,1H3/t13-,14-. The predicted octanol–water partition coefficient (Wildman–Crippen LogP) is 5.82. The summed E-state index contributed by atoms with van der Waals surface area (Å²) in [6, 6.07) is 4.40. The third-order valence-electron chi connectivity index (χ3n) is 4.48. The van der Waals surface area contributed by atoms with Crippen LogP contribution in [0.2, 0.25) is 0 Å². The Morgan fingerprint density at radius 3 is 2.37 bits per heavy atom. The summed E-state index contributed by atoms with van der Waals surface area (Å²) in [5, 5.41) is 0. The zero-order valence-electron chi connectivity index (χ0n) is 11.8. The number of rotatable bonds is 5. The quantitative estimate of drug-likeness (QED) is 0.589. The summed E-state index contributed by atoms with van der Waals surface area (Å²) < 4.78 is 26.2. The smallest absolute Gasteiger partial charge is 0.159 e. The molecule has 1 aromatic carbocycles. The van der Waals surface area contributed by atoms with E-state index in [2.05, 4.69) is 6.92 Å². The lowest BCUT2D eigenvalue weighted by molar-refractivity contribution is 0.302. The first-order valence-corrected chi connectivity index (χ1v) is 7.65. The van der Waals surface area contributed by atoms with E-state index in [4.69, 9.17) is 0 Å². The molecule has 19 heavy (non-hydrogen) atoms. The molecule has 1 aliphatic carbocycles. The van der Waals surface area contributed by atoms with Gasteiger partial charge in [-0.25, -0.2) is 8.78 Å². The highest BCUT2D eigenvalue weighted by Crippen LogP contribution is 2.38. The van der Waals surface area contributed by atoms with Crippen LogP contribution in [-0.2, 0) is 0 Å². The van der Waals surface area contributed by atoms with Crippen LogP contribution in [-0.4, -0.2) is 0 Å². The minimum atomic E-state index is -0.739. The fraction of sp³-hybridized carbons (Fsp3) is 0.647. The molecule has 0 radical (unpaired) electrons. The SMILES string of the molecule is CCCCC[C@H]1CC[C@H](c2ccc(F)c(F)c2)CC1. The van der Waals surface area contributed by atoms with E-state index in [9.17, 15) is 8.78 Å². The molecule has 2 rings (SSSR count). The van der Waals surface area contributed by atoms with Crippen molar-refractivity contribution in [3.63, 3.8) is 0 Å². The van der Waals surface area contributed by atoms with Crippen molar-refractivity contribution in [1.82, 2.24) is 0 Å². The van der Waals surface area contributed by atoms with Crippen LogP contribution in [0.25, 0.3) is 0 Å². The Bertz CT molecular complexity index is 392. The first-order valence-electron chi connectivity index (χ1n) is 7.65. The molecule has 0 aliphatic heterocycles. The fourth-order valence-corrected chi connectivity index (χ4v) is 3.23. The number of unbranched alkanes of at least 4 members (excludes halogenated alkanes) is 2. The first kappa shape index (κ1) is 14.5. The second kappa shape index (κ2) is 7.02. The van der Waals surface area contributed by atoms with Crippen molar-refractivity contribution >= 4 is 0 Å². The molecule has 1 saturated carbocycles. The van der Waals surface area contributed by atoms with E-state index >= 15 is 0 Å². The lowest BCUT2D eigenvalue weighted by atomic mass is 9.77. The van der Waals surface area contributed by atoms with Gasteiger partial charge in [0, 0.05) is 0 Å². The van der Waals surface area contributed by atoms with E-state index in [0.29, 0.717) is 5.92 Å². The minimum Gasteiger partial charge on any atom is -0.204 e. The predicted molar refractivity (Wildman–Crippen MR) is 75.2 cm³/mol. The average molecular weight is 266 g/mol. The Hall–Kier alpha value is -0.920. The van der Waals surface area contributed by atoms with E-state index < -0.39 is 11.6 Å². The monoisotopic (exact) mass is 266 g/mol. The summed E-state index contributed by atoms with van der Waals surface area (Å²) in [5.41, 5.74) is 0.978. The molecule has 0 atom stereocenters.